The lowest BCUT2D eigenvalue weighted by molar-refractivity contribution is -0.119. The third-order valence-corrected chi connectivity index (χ3v) is 2.63. The van der Waals surface area contributed by atoms with Gasteiger partial charge in [-0.1, -0.05) is 37.0 Å². The largest absolute Gasteiger partial charge is 0.323 e. The number of nitrogens with one attached hydrogen (secondary N) is 1. The maximum atomic E-state index is 11.6. The van der Waals surface area contributed by atoms with Crippen LogP contribution in [-0.4, -0.2) is 10.9 Å². The fourth-order valence-electron chi connectivity index (χ4n) is 0.947. The van der Waals surface area contributed by atoms with Crippen LogP contribution in [0, 0.1) is 5.92 Å². The number of halogens is 2. The Morgan fingerprint density at radius 1 is 1.53 bits per heavy atom. The molecule has 0 radical (unpaired) electrons. The molecule has 82 valence electrons. The summed E-state index contributed by atoms with van der Waals surface area (Å²) in [4.78, 5) is 15.4. The Hall–Kier alpha value is -0.800. The summed E-state index contributed by atoms with van der Waals surface area (Å²) in [5.74, 6) is -0.111. The van der Waals surface area contributed by atoms with Crippen molar-refractivity contribution in [1.29, 1.82) is 0 Å². The molecule has 0 bridgehead atoms. The molecule has 0 fully saturated rings. The minimum Gasteiger partial charge on any atom is -0.323 e. The van der Waals surface area contributed by atoms with E-state index in [0.717, 1.165) is 6.42 Å². The van der Waals surface area contributed by atoms with Crippen molar-refractivity contribution in [2.45, 2.75) is 20.3 Å². The van der Waals surface area contributed by atoms with Gasteiger partial charge in [-0.3, -0.25) is 4.79 Å². The number of nitrogens with zero attached hydrogens (tertiary/aromatic N) is 1. The standard InChI is InChI=1S/C10H12Cl2N2O/c1-3-6(2)10(15)13-7-4-5-8(11)14-9(7)12/h4-6H,3H2,1-2H3,(H,13,15)/t6-/m1/s1. The fourth-order valence-corrected chi connectivity index (χ4v) is 1.34. The van der Waals surface area contributed by atoms with E-state index in [1.807, 2.05) is 13.8 Å². The average molecular weight is 247 g/mol. The monoisotopic (exact) mass is 246 g/mol. The number of anilines is 1. The van der Waals surface area contributed by atoms with Gasteiger partial charge >= 0.3 is 0 Å². The highest BCUT2D eigenvalue weighted by molar-refractivity contribution is 6.34. The van der Waals surface area contributed by atoms with E-state index in [4.69, 9.17) is 23.2 Å². The van der Waals surface area contributed by atoms with Crippen molar-refractivity contribution in [3.05, 3.63) is 22.4 Å². The third-order valence-electron chi connectivity index (χ3n) is 2.13. The number of rotatable bonds is 3. The molecule has 3 nitrogen and oxygen atoms in total. The van der Waals surface area contributed by atoms with E-state index in [1.165, 1.54) is 0 Å². The van der Waals surface area contributed by atoms with Crippen molar-refractivity contribution in [2.24, 2.45) is 5.92 Å². The second kappa shape index (κ2) is 5.33. The van der Waals surface area contributed by atoms with Crippen LogP contribution in [0.2, 0.25) is 10.3 Å². The predicted octanol–water partition coefficient (Wildman–Crippen LogP) is 3.37. The van der Waals surface area contributed by atoms with E-state index in [-0.39, 0.29) is 17.0 Å². The lowest BCUT2D eigenvalue weighted by atomic mass is 10.1. The van der Waals surface area contributed by atoms with Gasteiger partial charge in [0, 0.05) is 5.92 Å². The number of hydrogen-bond donors (Lipinski definition) is 1. The molecule has 0 saturated carbocycles. The molecule has 0 aliphatic heterocycles. The van der Waals surface area contributed by atoms with Crippen molar-refractivity contribution >= 4 is 34.8 Å². The highest BCUT2D eigenvalue weighted by atomic mass is 35.5. The van der Waals surface area contributed by atoms with Gasteiger partial charge in [-0.05, 0) is 18.6 Å². The Labute approximate surface area is 98.8 Å². The minimum atomic E-state index is -0.0662. The van der Waals surface area contributed by atoms with Gasteiger partial charge in [0.1, 0.15) is 5.15 Å². The molecule has 0 aromatic carbocycles. The lowest BCUT2D eigenvalue weighted by Gasteiger charge is -2.10. The highest BCUT2D eigenvalue weighted by Gasteiger charge is 2.12. The zero-order valence-electron chi connectivity index (χ0n) is 8.55. The number of pyridine rings is 1. The number of carbonyl (C=O) groups excluding carboxylic acids is 1. The summed E-state index contributed by atoms with van der Waals surface area (Å²) in [5.41, 5.74) is 0.492. The van der Waals surface area contributed by atoms with Crippen LogP contribution in [0.5, 0.6) is 0 Å². The molecule has 0 unspecified atom stereocenters. The van der Waals surface area contributed by atoms with Crippen molar-refractivity contribution in [1.82, 2.24) is 4.98 Å². The fraction of sp³-hybridized carbons (Fsp3) is 0.400. The van der Waals surface area contributed by atoms with Crippen molar-refractivity contribution in [3.63, 3.8) is 0 Å². The Bertz CT molecular complexity index is 368. The highest BCUT2D eigenvalue weighted by Crippen LogP contribution is 2.22. The molecule has 1 rings (SSSR count). The van der Waals surface area contributed by atoms with Crippen LogP contribution in [0.25, 0.3) is 0 Å². The average Bonchev–Trinajstić information content (AvgIpc) is 2.20. The van der Waals surface area contributed by atoms with Gasteiger partial charge in [-0.25, -0.2) is 4.98 Å². The van der Waals surface area contributed by atoms with E-state index in [0.29, 0.717) is 10.8 Å². The second-order valence-electron chi connectivity index (χ2n) is 3.27. The van der Waals surface area contributed by atoms with E-state index in [9.17, 15) is 4.79 Å². The summed E-state index contributed by atoms with van der Waals surface area (Å²) in [5, 5.41) is 3.21. The van der Waals surface area contributed by atoms with Crippen LogP contribution in [0.4, 0.5) is 5.69 Å². The van der Waals surface area contributed by atoms with Crippen LogP contribution < -0.4 is 5.32 Å². The summed E-state index contributed by atoms with van der Waals surface area (Å²) in [7, 11) is 0. The molecule has 1 amide bonds. The molecule has 5 heteroatoms. The van der Waals surface area contributed by atoms with Crippen molar-refractivity contribution in [2.75, 3.05) is 5.32 Å². The van der Waals surface area contributed by atoms with Gasteiger partial charge in [-0.15, -0.1) is 0 Å². The molecule has 1 atom stereocenters. The molecule has 1 heterocycles. The number of carbonyl (C=O) groups is 1. The van der Waals surface area contributed by atoms with E-state index in [1.54, 1.807) is 12.1 Å². The molecule has 1 aromatic heterocycles. The first-order chi connectivity index (χ1) is 7.04. The van der Waals surface area contributed by atoms with Crippen LogP contribution in [0.3, 0.4) is 0 Å². The molecular weight excluding hydrogens is 235 g/mol. The lowest BCUT2D eigenvalue weighted by Crippen LogP contribution is -2.19. The summed E-state index contributed by atoms with van der Waals surface area (Å²) in [6.45, 7) is 3.80. The summed E-state index contributed by atoms with van der Waals surface area (Å²) >= 11 is 11.4. The maximum absolute atomic E-state index is 11.6. The third kappa shape index (κ3) is 3.36. The zero-order valence-corrected chi connectivity index (χ0v) is 10.1. The topological polar surface area (TPSA) is 42.0 Å². The van der Waals surface area contributed by atoms with E-state index < -0.39 is 0 Å². The molecule has 1 aromatic rings. The number of hydrogen-bond acceptors (Lipinski definition) is 2. The maximum Gasteiger partial charge on any atom is 0.227 e. The Morgan fingerprint density at radius 3 is 2.73 bits per heavy atom. The molecule has 0 aliphatic rings. The smallest absolute Gasteiger partial charge is 0.227 e. The first kappa shape index (κ1) is 12.3. The van der Waals surface area contributed by atoms with Gasteiger partial charge in [0.2, 0.25) is 5.91 Å². The summed E-state index contributed by atoms with van der Waals surface area (Å²) in [6.07, 6.45) is 0.782. The van der Waals surface area contributed by atoms with Crippen LogP contribution in [0.15, 0.2) is 12.1 Å². The summed E-state index contributed by atoms with van der Waals surface area (Å²) in [6, 6.07) is 3.22. The van der Waals surface area contributed by atoms with E-state index >= 15 is 0 Å². The van der Waals surface area contributed by atoms with Crippen LogP contribution in [-0.2, 0) is 4.79 Å². The number of amides is 1. The van der Waals surface area contributed by atoms with Gasteiger partial charge in [-0.2, -0.15) is 0 Å². The molecule has 1 N–H and O–H groups in total. The van der Waals surface area contributed by atoms with Gasteiger partial charge in [0.05, 0.1) is 5.69 Å². The first-order valence-electron chi connectivity index (χ1n) is 4.67. The molecule has 0 aliphatic carbocycles. The van der Waals surface area contributed by atoms with E-state index in [2.05, 4.69) is 10.3 Å². The van der Waals surface area contributed by atoms with Crippen LogP contribution >= 0.6 is 23.2 Å². The minimum absolute atomic E-state index is 0.0447. The number of aromatic nitrogens is 1. The Morgan fingerprint density at radius 2 is 2.20 bits per heavy atom. The Balaban J connectivity index is 2.77. The van der Waals surface area contributed by atoms with Crippen LogP contribution in [0.1, 0.15) is 20.3 Å². The summed E-state index contributed by atoms with van der Waals surface area (Å²) < 4.78 is 0. The molecule has 0 spiro atoms. The Kier molecular flexibility index (Phi) is 4.36. The molecule has 15 heavy (non-hydrogen) atoms. The molecule has 0 saturated heterocycles. The first-order valence-corrected chi connectivity index (χ1v) is 5.43. The SMILES string of the molecule is CC[C@@H](C)C(=O)Nc1ccc(Cl)nc1Cl. The van der Waals surface area contributed by atoms with Gasteiger partial charge in [0.25, 0.3) is 0 Å². The zero-order chi connectivity index (χ0) is 11.4. The second-order valence-corrected chi connectivity index (χ2v) is 4.02. The predicted molar refractivity (Wildman–Crippen MR) is 62.3 cm³/mol. The molecular formula is C10H12Cl2N2O. The van der Waals surface area contributed by atoms with Crippen molar-refractivity contribution < 1.29 is 4.79 Å². The quantitative estimate of drug-likeness (QED) is 0.832. The van der Waals surface area contributed by atoms with Gasteiger partial charge < -0.3 is 5.32 Å². The normalized spacial score (nSPS) is 12.3. The van der Waals surface area contributed by atoms with Gasteiger partial charge in [0.15, 0.2) is 5.15 Å². The van der Waals surface area contributed by atoms with Crippen molar-refractivity contribution in [3.8, 4) is 0 Å².